The van der Waals surface area contributed by atoms with Gasteiger partial charge in [0.25, 0.3) is 0 Å². The third-order valence-corrected chi connectivity index (χ3v) is 1.69. The van der Waals surface area contributed by atoms with Crippen molar-refractivity contribution in [1.82, 2.24) is 4.90 Å². The Labute approximate surface area is 163 Å². The van der Waals surface area contributed by atoms with Crippen LogP contribution in [0.2, 0.25) is 0 Å². The van der Waals surface area contributed by atoms with E-state index in [0.29, 0.717) is 0 Å². The van der Waals surface area contributed by atoms with E-state index < -0.39 is 12.0 Å². The second kappa shape index (κ2) is 28.1. The predicted octanol–water partition coefficient (Wildman–Crippen LogP) is 1.87. The van der Waals surface area contributed by atoms with Crippen LogP contribution in [0.5, 0.6) is 0 Å². The molecule has 3 nitrogen and oxygen atoms in total. The largest absolute Gasteiger partial charge is 0.692 e. The molecule has 0 saturated heterocycles. The number of hydrogen-bond acceptors (Lipinski definition) is 2. The normalized spacial score (nSPS) is 8.18. The molecule has 22 heavy (non-hydrogen) atoms. The van der Waals surface area contributed by atoms with Crippen LogP contribution in [0.4, 0.5) is 0 Å². The standard InChI is InChI=1S/C9H9NO2.2C4H4.2W/c1-4-6-10(7-5-2)8(3)9(11)12;2*1-3-4-2;;/h8H,6-7H2,3H3,(H,11,12);2*1-4H;;/q3*-2;;. The first-order valence-corrected chi connectivity index (χ1v) is 5.39. The average molecular weight is 635 g/mol. The van der Waals surface area contributed by atoms with Gasteiger partial charge in [-0.3, -0.25) is 9.69 Å². The molecule has 0 aliphatic rings. The molecule has 120 valence electrons. The van der Waals surface area contributed by atoms with Crippen molar-refractivity contribution in [3.8, 4) is 11.8 Å². The minimum Gasteiger partial charge on any atom is -0.692 e. The maximum Gasteiger partial charge on any atom is 0.320 e. The summed E-state index contributed by atoms with van der Waals surface area (Å²) >= 11 is 0. The van der Waals surface area contributed by atoms with Crippen molar-refractivity contribution in [1.29, 1.82) is 0 Å². The first-order chi connectivity index (χ1) is 9.46. The predicted molar refractivity (Wildman–Crippen MR) is 78.4 cm³/mol. The Morgan fingerprint density at radius 3 is 1.45 bits per heavy atom. The van der Waals surface area contributed by atoms with Crippen LogP contribution < -0.4 is 0 Å². The Balaban J connectivity index is -0.0000000812. The topological polar surface area (TPSA) is 40.5 Å². The van der Waals surface area contributed by atoms with Crippen LogP contribution in [0.25, 0.3) is 0 Å². The zero-order chi connectivity index (χ0) is 16.4. The number of aliphatic carboxylic acids is 1. The monoisotopic (exact) mass is 635 g/mol. The molecule has 0 fully saturated rings. The quantitative estimate of drug-likeness (QED) is 0.276. The number of rotatable bonds is 6. The third kappa shape index (κ3) is 27.3. The van der Waals surface area contributed by atoms with Crippen molar-refractivity contribution >= 4 is 5.97 Å². The molecule has 0 bridgehead atoms. The maximum absolute atomic E-state index is 10.5. The summed E-state index contributed by atoms with van der Waals surface area (Å²) in [6.07, 6.45) is 18.5. The molecule has 1 atom stereocenters. The van der Waals surface area contributed by atoms with Crippen LogP contribution in [-0.4, -0.2) is 35.1 Å². The molecule has 0 aliphatic heterocycles. The van der Waals surface area contributed by atoms with Gasteiger partial charge in [-0.25, -0.2) is 0 Å². The van der Waals surface area contributed by atoms with Gasteiger partial charge in [0.05, 0.1) is 0 Å². The molecule has 0 aromatic heterocycles. The fourth-order valence-corrected chi connectivity index (χ4v) is 0.689. The van der Waals surface area contributed by atoms with Gasteiger partial charge >= 0.3 is 5.97 Å². The Morgan fingerprint density at radius 2 is 1.32 bits per heavy atom. The summed E-state index contributed by atoms with van der Waals surface area (Å²) in [5.74, 6) is 3.18. The van der Waals surface area contributed by atoms with E-state index in [1.165, 1.54) is 36.1 Å². The van der Waals surface area contributed by atoms with Crippen LogP contribution in [0, 0.1) is 51.0 Å². The Hall–Kier alpha value is -1.11. The SMILES string of the molecule is [C-]#CCN(CC#[C-])C(C)C(=O)O.[CH-]=CC=[CH-].[CH-]=CC=[CH-].[W].[W]. The van der Waals surface area contributed by atoms with Crippen molar-refractivity contribution in [3.63, 3.8) is 0 Å². The molecule has 5 heteroatoms. The Bertz CT molecular complexity index is 352. The summed E-state index contributed by atoms with van der Waals surface area (Å²) in [7, 11) is 0. The van der Waals surface area contributed by atoms with Crippen molar-refractivity contribution < 1.29 is 52.0 Å². The fourth-order valence-electron chi connectivity index (χ4n) is 0.689. The minimum absolute atomic E-state index is 0. The number of hydrogen-bond donors (Lipinski definition) is 1. The molecule has 1 unspecified atom stereocenters. The van der Waals surface area contributed by atoms with Crippen molar-refractivity contribution in [3.05, 3.63) is 63.5 Å². The van der Waals surface area contributed by atoms with Crippen molar-refractivity contribution in [2.45, 2.75) is 13.0 Å². The Kier molecular flexibility index (Phi) is 41.8. The van der Waals surface area contributed by atoms with E-state index in [1.807, 2.05) is 0 Å². The number of nitrogens with zero attached hydrogens (tertiary/aromatic N) is 1. The molecule has 0 aromatic rings. The van der Waals surface area contributed by atoms with Gasteiger partial charge in [-0.1, -0.05) is 0 Å². The van der Waals surface area contributed by atoms with Gasteiger partial charge in [-0.05, 0) is 6.92 Å². The van der Waals surface area contributed by atoms with E-state index in [4.69, 9.17) is 44.3 Å². The molecule has 0 spiro atoms. The van der Waals surface area contributed by atoms with Crippen molar-refractivity contribution in [2.75, 3.05) is 13.1 Å². The molecule has 0 aromatic carbocycles. The zero-order valence-electron chi connectivity index (χ0n) is 12.2. The summed E-state index contributed by atoms with van der Waals surface area (Å²) in [6, 6.07) is -0.708. The van der Waals surface area contributed by atoms with Crippen LogP contribution in [0.15, 0.2) is 24.3 Å². The molecule has 0 aliphatic carbocycles. The first-order valence-electron chi connectivity index (χ1n) is 5.39. The van der Waals surface area contributed by atoms with Crippen LogP contribution in [0.3, 0.4) is 0 Å². The van der Waals surface area contributed by atoms with Gasteiger partial charge in [0.2, 0.25) is 0 Å². The minimum atomic E-state index is -0.972. The summed E-state index contributed by atoms with van der Waals surface area (Å²) in [6.45, 7) is 20.6. The number of allylic oxidation sites excluding steroid dienone is 4. The van der Waals surface area contributed by atoms with E-state index in [-0.39, 0.29) is 55.2 Å². The summed E-state index contributed by atoms with van der Waals surface area (Å²) in [5, 5.41) is 8.59. The molecular formula is C17H17NO2W2-6. The number of carbonyl (C=O) groups is 1. The Morgan fingerprint density at radius 1 is 1.05 bits per heavy atom. The molecule has 1 N–H and O–H groups in total. The van der Waals surface area contributed by atoms with E-state index in [2.05, 4.69) is 11.8 Å². The van der Waals surface area contributed by atoms with Gasteiger partial charge in [-0.2, -0.15) is 0 Å². The summed E-state index contributed by atoms with van der Waals surface area (Å²) in [4.78, 5) is 11.9. The second-order valence-corrected chi connectivity index (χ2v) is 3.04. The molecule has 0 saturated carbocycles. The van der Waals surface area contributed by atoms with Gasteiger partial charge in [0.15, 0.2) is 0 Å². The van der Waals surface area contributed by atoms with Gasteiger partial charge < -0.3 is 80.4 Å². The maximum atomic E-state index is 10.5. The van der Waals surface area contributed by atoms with Crippen LogP contribution in [-0.2, 0) is 46.9 Å². The molecular weight excluding hydrogens is 618 g/mol. The van der Waals surface area contributed by atoms with Gasteiger partial charge in [0, 0.05) is 55.2 Å². The molecule has 0 rings (SSSR count). The number of carboxylic acid groups (broad SMARTS) is 1. The zero-order valence-corrected chi connectivity index (χ0v) is 18.1. The fraction of sp³-hybridized carbons (Fsp3) is 0.235. The van der Waals surface area contributed by atoms with Gasteiger partial charge in [-0.15, -0.1) is 0 Å². The van der Waals surface area contributed by atoms with Crippen molar-refractivity contribution in [2.24, 2.45) is 0 Å². The molecule has 0 radical (unpaired) electrons. The summed E-state index contributed by atoms with van der Waals surface area (Å²) in [5.41, 5.74) is 0. The number of carboxylic acids is 1. The van der Waals surface area contributed by atoms with Gasteiger partial charge in [0.1, 0.15) is 6.04 Å². The van der Waals surface area contributed by atoms with E-state index in [9.17, 15) is 4.79 Å². The molecule has 0 heterocycles. The smallest absolute Gasteiger partial charge is 0.320 e. The second-order valence-electron chi connectivity index (χ2n) is 3.04. The van der Waals surface area contributed by atoms with E-state index in [0.717, 1.165) is 0 Å². The molecule has 0 amide bonds. The van der Waals surface area contributed by atoms with Crippen LogP contribution >= 0.6 is 0 Å². The van der Waals surface area contributed by atoms with E-state index in [1.54, 1.807) is 0 Å². The average Bonchev–Trinajstić information content (AvgIpc) is 2.46. The first kappa shape index (κ1) is 32.7. The van der Waals surface area contributed by atoms with Crippen LogP contribution in [0.1, 0.15) is 6.92 Å². The summed E-state index contributed by atoms with van der Waals surface area (Å²) < 4.78 is 0. The third-order valence-electron chi connectivity index (χ3n) is 1.69. The van der Waals surface area contributed by atoms with E-state index >= 15 is 0 Å².